The first kappa shape index (κ1) is 26.4. The van der Waals surface area contributed by atoms with Gasteiger partial charge >= 0.3 is 0 Å². The Morgan fingerprint density at radius 2 is 0.792 bits per heavy atom. The monoisotopic (exact) mass is 378 g/mol. The molecule has 0 radical (unpaired) electrons. The van der Waals surface area contributed by atoms with E-state index >= 15 is 0 Å². The molecule has 0 aliphatic rings. The summed E-state index contributed by atoms with van der Waals surface area (Å²) in [6, 6.07) is 0. The summed E-state index contributed by atoms with van der Waals surface area (Å²) in [7, 11) is 0. The molecule has 0 amide bonds. The largest absolute Gasteiger partial charge is 0.502 e. The Morgan fingerprint density at radius 1 is 0.542 bits per heavy atom. The van der Waals surface area contributed by atoms with Crippen molar-refractivity contribution in [2.75, 3.05) is 0 Å². The van der Waals surface area contributed by atoms with Crippen LogP contribution in [0.15, 0.2) is 0 Å². The summed E-state index contributed by atoms with van der Waals surface area (Å²) in [6.45, 7) is 2.29. The molecule has 0 saturated heterocycles. The van der Waals surface area contributed by atoms with Crippen LogP contribution in [0.5, 0.6) is 0 Å². The molecule has 0 heterocycles. The van der Waals surface area contributed by atoms with Gasteiger partial charge in [-0.2, -0.15) is 0 Å². The molecule has 0 aliphatic heterocycles. The molecule has 0 spiro atoms. The van der Waals surface area contributed by atoms with Crippen molar-refractivity contribution in [3.05, 3.63) is 0 Å². The van der Waals surface area contributed by atoms with Gasteiger partial charge in [0.25, 0.3) is 0 Å². The predicted molar refractivity (Wildman–Crippen MR) is 116 cm³/mol. The topological polar surface area (TPSA) is 20.2 Å². The second kappa shape index (κ2) is 23.2. The summed E-state index contributed by atoms with van der Waals surface area (Å²) < 4.78 is 0. The van der Waals surface area contributed by atoms with Crippen molar-refractivity contribution < 1.29 is 5.11 Å². The third-order valence-corrected chi connectivity index (χ3v) is 4.95. The Balaban J connectivity index is 0. The van der Waals surface area contributed by atoms with Crippen LogP contribution in [0.2, 0.25) is 0 Å². The fourth-order valence-electron chi connectivity index (χ4n) is 3.18. The molecule has 0 aromatic rings. The Morgan fingerprint density at radius 3 is 1.04 bits per heavy atom. The summed E-state index contributed by atoms with van der Waals surface area (Å²) in [5, 5.41) is 9.10. The van der Waals surface area contributed by atoms with Crippen LogP contribution in [-0.2, 0) is 0 Å². The first-order valence-electron chi connectivity index (χ1n) is 10.5. The Bertz CT molecular complexity index is 246. The van der Waals surface area contributed by atoms with Crippen molar-refractivity contribution in [1.29, 1.82) is 0 Å². The van der Waals surface area contributed by atoms with Gasteiger partial charge in [-0.15, -0.1) is 12.4 Å². The summed E-state index contributed by atoms with van der Waals surface area (Å²) >= 11 is 4.67. The van der Waals surface area contributed by atoms with Gasteiger partial charge < -0.3 is 5.11 Å². The molecule has 0 atom stereocenters. The molecule has 0 aliphatic carbocycles. The first-order valence-corrected chi connectivity index (χ1v) is 10.9. The molecule has 0 rings (SSSR count). The van der Waals surface area contributed by atoms with Gasteiger partial charge in [0, 0.05) is 6.42 Å². The molecule has 0 aromatic heterocycles. The number of aliphatic hydroxyl groups is 1. The van der Waals surface area contributed by atoms with Gasteiger partial charge in [-0.25, -0.2) is 0 Å². The smallest absolute Gasteiger partial charge is 0.156 e. The second-order valence-electron chi connectivity index (χ2n) is 7.15. The van der Waals surface area contributed by atoms with Gasteiger partial charge in [0.1, 0.15) is 0 Å². The lowest BCUT2D eigenvalue weighted by molar-refractivity contribution is 0.518. The standard InChI is InChI=1S/C21H42OS.ClH/c1-2-3-4-5-6-7-8-9-10-11-12-13-14-15-16-17-18-19-20-21(22)23;/h2-20H2,1H3,(H,22,23);1H. The first-order chi connectivity index (χ1) is 11.3. The average molecular weight is 379 g/mol. The highest BCUT2D eigenvalue weighted by molar-refractivity contribution is 7.80. The molecule has 0 aromatic carbocycles. The minimum atomic E-state index is 0. The maximum absolute atomic E-state index is 8.92. The lowest BCUT2D eigenvalue weighted by Crippen LogP contribution is -1.90. The van der Waals surface area contributed by atoms with E-state index in [1.807, 2.05) is 0 Å². The van der Waals surface area contributed by atoms with Gasteiger partial charge in [-0.05, 0) is 18.6 Å². The highest BCUT2D eigenvalue weighted by atomic mass is 35.5. The Labute approximate surface area is 163 Å². The van der Waals surface area contributed by atoms with E-state index in [0.717, 1.165) is 6.42 Å². The third kappa shape index (κ3) is 24.4. The lowest BCUT2D eigenvalue weighted by atomic mass is 10.0. The molecule has 0 bridgehead atoms. The molecule has 0 saturated carbocycles. The fraction of sp³-hybridized carbons (Fsp3) is 0.952. The van der Waals surface area contributed by atoms with Crippen LogP contribution < -0.4 is 0 Å². The quantitative estimate of drug-likeness (QED) is 0.179. The van der Waals surface area contributed by atoms with E-state index in [2.05, 4.69) is 19.1 Å². The van der Waals surface area contributed by atoms with Gasteiger partial charge in [-0.3, -0.25) is 0 Å². The highest BCUT2D eigenvalue weighted by Gasteiger charge is 1.96. The minimum Gasteiger partial charge on any atom is -0.502 e. The van der Waals surface area contributed by atoms with Crippen LogP contribution in [0.3, 0.4) is 0 Å². The molecule has 0 fully saturated rings. The van der Waals surface area contributed by atoms with Crippen molar-refractivity contribution in [2.45, 2.75) is 129 Å². The summed E-state index contributed by atoms with van der Waals surface area (Å²) in [4.78, 5) is 0. The Hall–Kier alpha value is 0.180. The molecule has 1 nitrogen and oxygen atoms in total. The van der Waals surface area contributed by atoms with E-state index in [9.17, 15) is 0 Å². The number of unbranched alkanes of at least 4 members (excludes halogenated alkanes) is 17. The third-order valence-electron chi connectivity index (χ3n) is 4.74. The number of halogens is 1. The number of aliphatic hydroxyl groups excluding tert-OH is 1. The summed E-state index contributed by atoms with van der Waals surface area (Å²) in [5.74, 6) is 0. The van der Waals surface area contributed by atoms with Crippen LogP contribution in [0, 0.1) is 0 Å². The van der Waals surface area contributed by atoms with Gasteiger partial charge in [-0.1, -0.05) is 116 Å². The minimum absolute atomic E-state index is 0. The van der Waals surface area contributed by atoms with Gasteiger partial charge in [0.15, 0.2) is 5.05 Å². The number of rotatable bonds is 19. The van der Waals surface area contributed by atoms with E-state index in [1.165, 1.54) is 109 Å². The number of thiocarbonyl (C=S) groups is 1. The second-order valence-corrected chi connectivity index (χ2v) is 7.63. The maximum Gasteiger partial charge on any atom is 0.156 e. The van der Waals surface area contributed by atoms with E-state index < -0.39 is 0 Å². The van der Waals surface area contributed by atoms with E-state index in [0.29, 0.717) is 6.42 Å². The fourth-order valence-corrected chi connectivity index (χ4v) is 3.32. The lowest BCUT2D eigenvalue weighted by Gasteiger charge is -2.03. The van der Waals surface area contributed by atoms with E-state index in [4.69, 9.17) is 5.11 Å². The van der Waals surface area contributed by atoms with E-state index in [-0.39, 0.29) is 17.5 Å². The summed E-state index contributed by atoms with van der Waals surface area (Å²) in [5.41, 5.74) is 0. The molecule has 1 N–H and O–H groups in total. The number of hydrogen-bond acceptors (Lipinski definition) is 1. The molecular weight excluding hydrogens is 336 g/mol. The maximum atomic E-state index is 8.92. The zero-order chi connectivity index (χ0) is 17.0. The van der Waals surface area contributed by atoms with Gasteiger partial charge in [0.2, 0.25) is 0 Å². The molecule has 3 heteroatoms. The van der Waals surface area contributed by atoms with E-state index in [1.54, 1.807) is 0 Å². The van der Waals surface area contributed by atoms with Crippen LogP contribution in [0.25, 0.3) is 0 Å². The number of hydrogen-bond donors (Lipinski definition) is 1. The SMILES string of the molecule is CCCCCCCCCCCCCCCCCCCCC(O)=S.Cl. The summed E-state index contributed by atoms with van der Waals surface area (Å²) in [6.07, 6.45) is 25.8. The highest BCUT2D eigenvalue weighted by Crippen LogP contribution is 2.14. The van der Waals surface area contributed by atoms with Crippen molar-refractivity contribution >= 4 is 29.7 Å². The van der Waals surface area contributed by atoms with Crippen LogP contribution in [0.1, 0.15) is 129 Å². The average Bonchev–Trinajstić information content (AvgIpc) is 2.53. The zero-order valence-electron chi connectivity index (χ0n) is 16.2. The van der Waals surface area contributed by atoms with Gasteiger partial charge in [0.05, 0.1) is 0 Å². The molecular formula is C21H43ClOS. The molecule has 24 heavy (non-hydrogen) atoms. The molecule has 0 unspecified atom stereocenters. The van der Waals surface area contributed by atoms with Crippen LogP contribution in [-0.4, -0.2) is 10.2 Å². The zero-order valence-corrected chi connectivity index (χ0v) is 17.8. The normalized spacial score (nSPS) is 10.5. The van der Waals surface area contributed by atoms with Crippen LogP contribution in [0.4, 0.5) is 0 Å². The van der Waals surface area contributed by atoms with Crippen molar-refractivity contribution in [3.8, 4) is 0 Å². The molecule has 146 valence electrons. The van der Waals surface area contributed by atoms with Crippen LogP contribution >= 0.6 is 24.6 Å². The Kier molecular flexibility index (Phi) is 25.5. The van der Waals surface area contributed by atoms with Crippen molar-refractivity contribution in [1.82, 2.24) is 0 Å². The predicted octanol–water partition coefficient (Wildman–Crippen LogP) is 8.73. The van der Waals surface area contributed by atoms with Crippen molar-refractivity contribution in [3.63, 3.8) is 0 Å². The van der Waals surface area contributed by atoms with Crippen molar-refractivity contribution in [2.24, 2.45) is 0 Å².